The summed E-state index contributed by atoms with van der Waals surface area (Å²) in [5.74, 6) is 0. The molecule has 2 heteroatoms. The average molecular weight is 277 g/mol. The van der Waals surface area contributed by atoms with E-state index in [1.54, 1.807) is 0 Å². The van der Waals surface area contributed by atoms with Gasteiger partial charge in [-0.25, -0.2) is 0 Å². The summed E-state index contributed by atoms with van der Waals surface area (Å²) in [5, 5.41) is 0.786. The molecule has 2 atom stereocenters. The lowest BCUT2D eigenvalue weighted by Gasteiger charge is -2.13. The molecule has 0 fully saturated rings. The molecule has 0 aliphatic rings. The highest BCUT2D eigenvalue weighted by atomic mass is 35.5. The number of hydrogen-bond acceptors (Lipinski definition) is 0. The fourth-order valence-corrected chi connectivity index (χ4v) is 2.61. The second-order valence-electron chi connectivity index (χ2n) is 4.52. The SMILES string of the molecule is CCCc1ccc(C(P)c2ccc(Cl)cc2)cc1. The molecule has 2 aromatic carbocycles. The van der Waals surface area contributed by atoms with Crippen molar-refractivity contribution in [3.63, 3.8) is 0 Å². The summed E-state index contributed by atoms with van der Waals surface area (Å²) in [7, 11) is 2.90. The van der Waals surface area contributed by atoms with Crippen LogP contribution in [0.1, 0.15) is 35.7 Å². The molecular formula is C16H18ClP. The summed E-state index contributed by atoms with van der Waals surface area (Å²) in [6, 6.07) is 16.9. The van der Waals surface area contributed by atoms with Crippen LogP contribution in [0.25, 0.3) is 0 Å². The predicted molar refractivity (Wildman–Crippen MR) is 83.4 cm³/mol. The highest BCUT2D eigenvalue weighted by Crippen LogP contribution is 2.31. The van der Waals surface area contributed by atoms with Gasteiger partial charge in [-0.15, -0.1) is 9.24 Å². The van der Waals surface area contributed by atoms with Crippen LogP contribution in [0.4, 0.5) is 0 Å². The Balaban J connectivity index is 2.17. The molecule has 94 valence electrons. The molecule has 18 heavy (non-hydrogen) atoms. The van der Waals surface area contributed by atoms with Crippen molar-refractivity contribution in [2.75, 3.05) is 0 Å². The predicted octanol–water partition coefficient (Wildman–Crippen LogP) is 5.26. The van der Waals surface area contributed by atoms with Gasteiger partial charge < -0.3 is 0 Å². The van der Waals surface area contributed by atoms with Crippen LogP contribution in [0.3, 0.4) is 0 Å². The number of halogens is 1. The Hall–Kier alpha value is -0.840. The van der Waals surface area contributed by atoms with Crippen molar-refractivity contribution in [1.29, 1.82) is 0 Å². The van der Waals surface area contributed by atoms with Crippen molar-refractivity contribution >= 4 is 20.8 Å². The summed E-state index contributed by atoms with van der Waals surface area (Å²) in [4.78, 5) is 0. The lowest BCUT2D eigenvalue weighted by Crippen LogP contribution is -1.93. The third-order valence-electron chi connectivity index (χ3n) is 3.11. The molecule has 0 aliphatic heterocycles. The van der Waals surface area contributed by atoms with Gasteiger partial charge in [0.15, 0.2) is 0 Å². The lowest BCUT2D eigenvalue weighted by atomic mass is 10.0. The van der Waals surface area contributed by atoms with Crippen LogP contribution < -0.4 is 0 Å². The summed E-state index contributed by atoms with van der Waals surface area (Å²) in [6.45, 7) is 2.21. The molecule has 0 radical (unpaired) electrons. The first-order valence-electron chi connectivity index (χ1n) is 6.30. The van der Waals surface area contributed by atoms with Crippen LogP contribution >= 0.6 is 20.8 Å². The first-order chi connectivity index (χ1) is 8.70. The maximum absolute atomic E-state index is 5.91. The minimum absolute atomic E-state index is 0.331. The molecule has 2 unspecified atom stereocenters. The molecule has 0 amide bonds. The van der Waals surface area contributed by atoms with Crippen LogP contribution in [0.15, 0.2) is 48.5 Å². The Bertz CT molecular complexity index is 488. The smallest absolute Gasteiger partial charge is 0.0406 e. The zero-order valence-electron chi connectivity index (χ0n) is 10.6. The van der Waals surface area contributed by atoms with E-state index in [0.29, 0.717) is 5.66 Å². The monoisotopic (exact) mass is 276 g/mol. The lowest BCUT2D eigenvalue weighted by molar-refractivity contribution is 0.920. The summed E-state index contributed by atoms with van der Waals surface area (Å²) >= 11 is 5.91. The molecule has 0 spiro atoms. The molecule has 0 saturated heterocycles. The van der Waals surface area contributed by atoms with Crippen LogP contribution in [0, 0.1) is 0 Å². The van der Waals surface area contributed by atoms with Gasteiger partial charge in [-0.1, -0.05) is 61.3 Å². The normalized spacial score (nSPS) is 12.4. The Labute approximate surface area is 117 Å². The molecule has 2 aromatic rings. The number of aryl methyl sites for hydroxylation is 1. The number of hydrogen-bond donors (Lipinski definition) is 0. The first kappa shape index (κ1) is 13.6. The zero-order valence-corrected chi connectivity index (χ0v) is 12.5. The molecule has 0 saturated carbocycles. The van der Waals surface area contributed by atoms with E-state index >= 15 is 0 Å². The standard InChI is InChI=1S/C16H18ClP/c1-2-3-12-4-6-13(7-5-12)16(18)14-8-10-15(17)11-9-14/h4-11,16H,2-3,18H2,1H3. The molecule has 2 rings (SSSR count). The van der Waals surface area contributed by atoms with Crippen molar-refractivity contribution in [3.8, 4) is 0 Å². The van der Waals surface area contributed by atoms with Gasteiger partial charge in [0.1, 0.15) is 0 Å². The number of rotatable bonds is 4. The van der Waals surface area contributed by atoms with E-state index in [1.165, 1.54) is 23.1 Å². The average Bonchev–Trinajstić information content (AvgIpc) is 2.40. The minimum Gasteiger partial charge on any atom is -0.125 e. The van der Waals surface area contributed by atoms with E-state index in [-0.39, 0.29) is 0 Å². The third-order valence-corrected chi connectivity index (χ3v) is 4.13. The Morgan fingerprint density at radius 2 is 1.44 bits per heavy atom. The van der Waals surface area contributed by atoms with Crippen LogP contribution in [-0.4, -0.2) is 0 Å². The van der Waals surface area contributed by atoms with Crippen molar-refractivity contribution in [2.45, 2.75) is 25.4 Å². The second-order valence-corrected chi connectivity index (χ2v) is 5.62. The van der Waals surface area contributed by atoms with Gasteiger partial charge in [0.2, 0.25) is 0 Å². The van der Waals surface area contributed by atoms with Gasteiger partial charge in [-0.05, 0) is 35.2 Å². The summed E-state index contributed by atoms with van der Waals surface area (Å²) < 4.78 is 0. The van der Waals surface area contributed by atoms with Crippen LogP contribution in [0.2, 0.25) is 5.02 Å². The molecule has 0 aromatic heterocycles. The Morgan fingerprint density at radius 1 is 0.944 bits per heavy atom. The third kappa shape index (κ3) is 3.34. The molecule has 0 bridgehead atoms. The Kier molecular flexibility index (Phi) is 4.80. The van der Waals surface area contributed by atoms with Gasteiger partial charge in [0.25, 0.3) is 0 Å². The molecule has 0 nitrogen and oxygen atoms in total. The van der Waals surface area contributed by atoms with Crippen molar-refractivity contribution in [3.05, 3.63) is 70.2 Å². The van der Waals surface area contributed by atoms with E-state index in [1.807, 2.05) is 12.1 Å². The van der Waals surface area contributed by atoms with Gasteiger partial charge in [-0.3, -0.25) is 0 Å². The highest BCUT2D eigenvalue weighted by Gasteiger charge is 2.08. The highest BCUT2D eigenvalue weighted by molar-refractivity contribution is 7.17. The van der Waals surface area contributed by atoms with E-state index in [9.17, 15) is 0 Å². The summed E-state index contributed by atoms with van der Waals surface area (Å²) in [5.41, 5.74) is 4.34. The quantitative estimate of drug-likeness (QED) is 0.669. The fraction of sp³-hybridized carbons (Fsp3) is 0.250. The first-order valence-corrected chi connectivity index (χ1v) is 7.35. The van der Waals surface area contributed by atoms with Crippen LogP contribution in [-0.2, 0) is 6.42 Å². The zero-order chi connectivity index (χ0) is 13.0. The minimum atomic E-state index is 0.331. The van der Waals surface area contributed by atoms with E-state index in [2.05, 4.69) is 52.6 Å². The molecule has 0 heterocycles. The second kappa shape index (κ2) is 6.36. The van der Waals surface area contributed by atoms with Gasteiger partial charge in [-0.2, -0.15) is 0 Å². The van der Waals surface area contributed by atoms with E-state index in [0.717, 1.165) is 11.4 Å². The largest absolute Gasteiger partial charge is 0.125 e. The topological polar surface area (TPSA) is 0 Å². The fourth-order valence-electron chi connectivity index (χ4n) is 2.04. The van der Waals surface area contributed by atoms with E-state index in [4.69, 9.17) is 11.6 Å². The van der Waals surface area contributed by atoms with Crippen LogP contribution in [0.5, 0.6) is 0 Å². The van der Waals surface area contributed by atoms with Crippen molar-refractivity contribution in [2.24, 2.45) is 0 Å². The molecule has 0 N–H and O–H groups in total. The maximum Gasteiger partial charge on any atom is 0.0406 e. The van der Waals surface area contributed by atoms with Gasteiger partial charge >= 0.3 is 0 Å². The van der Waals surface area contributed by atoms with Crippen molar-refractivity contribution in [1.82, 2.24) is 0 Å². The Morgan fingerprint density at radius 3 is 1.94 bits per heavy atom. The van der Waals surface area contributed by atoms with Gasteiger partial charge in [0.05, 0.1) is 0 Å². The molecular weight excluding hydrogens is 259 g/mol. The maximum atomic E-state index is 5.91. The summed E-state index contributed by atoms with van der Waals surface area (Å²) in [6.07, 6.45) is 2.35. The van der Waals surface area contributed by atoms with Gasteiger partial charge in [0, 0.05) is 10.7 Å². The van der Waals surface area contributed by atoms with Crippen molar-refractivity contribution < 1.29 is 0 Å². The van der Waals surface area contributed by atoms with E-state index < -0.39 is 0 Å². The molecule has 0 aliphatic carbocycles. The number of benzene rings is 2.